The van der Waals surface area contributed by atoms with Gasteiger partial charge >= 0.3 is 0 Å². The summed E-state index contributed by atoms with van der Waals surface area (Å²) in [4.78, 5) is 35.0. The Hall–Kier alpha value is -2.81. The Bertz CT molecular complexity index is 854. The van der Waals surface area contributed by atoms with Crippen LogP contribution in [0.3, 0.4) is 0 Å². The molecule has 29 heavy (non-hydrogen) atoms. The van der Waals surface area contributed by atoms with Gasteiger partial charge in [-0.2, -0.15) is 0 Å². The number of carbonyl (C=O) groups is 2. The predicted octanol–water partition coefficient (Wildman–Crippen LogP) is 1.34. The highest BCUT2D eigenvalue weighted by Gasteiger charge is 2.27. The molecule has 0 aliphatic carbocycles. The van der Waals surface area contributed by atoms with E-state index < -0.39 is 0 Å². The summed E-state index contributed by atoms with van der Waals surface area (Å²) in [5, 5.41) is 4.32. The molecule has 0 atom stereocenters. The Morgan fingerprint density at radius 2 is 1.69 bits per heavy atom. The highest BCUT2D eigenvalue weighted by atomic mass is 19.1. The van der Waals surface area contributed by atoms with Crippen molar-refractivity contribution in [2.75, 3.05) is 45.8 Å². The second-order valence-corrected chi connectivity index (χ2v) is 7.01. The molecule has 1 saturated heterocycles. The van der Waals surface area contributed by atoms with Crippen LogP contribution in [0.2, 0.25) is 0 Å². The maximum atomic E-state index is 13.1. The maximum Gasteiger partial charge on any atom is 0.293 e. The molecule has 0 radical (unpaired) electrons. The van der Waals surface area contributed by atoms with E-state index in [2.05, 4.69) is 15.0 Å². The fourth-order valence-corrected chi connectivity index (χ4v) is 3.43. The fraction of sp³-hybridized carbons (Fsp3) is 0.500. The van der Waals surface area contributed by atoms with Gasteiger partial charge in [-0.25, -0.2) is 14.1 Å². The number of aryl methyl sites for hydroxylation is 1. The molecule has 2 aromatic rings. The Morgan fingerprint density at radius 1 is 1.07 bits per heavy atom. The summed E-state index contributed by atoms with van der Waals surface area (Å²) < 4.78 is 14.7. The summed E-state index contributed by atoms with van der Waals surface area (Å²) >= 11 is 0. The summed E-state index contributed by atoms with van der Waals surface area (Å²) in [5.74, 6) is 0.233. The minimum atomic E-state index is -0.333. The molecule has 2 amide bonds. The van der Waals surface area contributed by atoms with Gasteiger partial charge in [-0.15, -0.1) is 5.10 Å². The third kappa shape index (κ3) is 4.79. The predicted molar refractivity (Wildman–Crippen MR) is 106 cm³/mol. The minimum absolute atomic E-state index is 0.116. The molecule has 2 heterocycles. The largest absolute Gasteiger partial charge is 0.342 e. The van der Waals surface area contributed by atoms with Crippen molar-refractivity contribution in [1.82, 2.24) is 29.5 Å². The molecule has 0 unspecified atom stereocenters. The third-order valence-electron chi connectivity index (χ3n) is 5.17. The second-order valence-electron chi connectivity index (χ2n) is 7.01. The van der Waals surface area contributed by atoms with Gasteiger partial charge in [0, 0.05) is 39.3 Å². The van der Waals surface area contributed by atoms with E-state index >= 15 is 0 Å². The van der Waals surface area contributed by atoms with Gasteiger partial charge in [0.1, 0.15) is 11.6 Å². The van der Waals surface area contributed by atoms with Crippen molar-refractivity contribution in [2.24, 2.45) is 0 Å². The topological polar surface area (TPSA) is 74.6 Å². The van der Waals surface area contributed by atoms with Crippen LogP contribution in [0.15, 0.2) is 24.3 Å². The standard InChI is InChI=1S/C20H27FN6O2/c1-4-25(5-2)18(28)14-24-10-12-26(13-11-24)20(29)19-22-15(3)27(23-19)17-8-6-16(21)7-9-17/h6-9H,4-5,10-14H2,1-3H3. The monoisotopic (exact) mass is 402 g/mol. The average molecular weight is 402 g/mol. The molecule has 156 valence electrons. The van der Waals surface area contributed by atoms with Gasteiger partial charge in [0.05, 0.1) is 12.2 Å². The summed E-state index contributed by atoms with van der Waals surface area (Å²) in [6.07, 6.45) is 0. The third-order valence-corrected chi connectivity index (χ3v) is 5.17. The van der Waals surface area contributed by atoms with Crippen LogP contribution in [0.25, 0.3) is 5.69 Å². The van der Waals surface area contributed by atoms with Crippen LogP contribution in [0.4, 0.5) is 4.39 Å². The van der Waals surface area contributed by atoms with E-state index in [9.17, 15) is 14.0 Å². The van der Waals surface area contributed by atoms with E-state index in [0.29, 0.717) is 57.3 Å². The summed E-state index contributed by atoms with van der Waals surface area (Å²) in [5.41, 5.74) is 0.648. The van der Waals surface area contributed by atoms with Crippen molar-refractivity contribution < 1.29 is 14.0 Å². The number of amides is 2. The van der Waals surface area contributed by atoms with Crippen molar-refractivity contribution >= 4 is 11.8 Å². The van der Waals surface area contributed by atoms with E-state index in [-0.39, 0.29) is 23.5 Å². The lowest BCUT2D eigenvalue weighted by atomic mass is 10.3. The van der Waals surface area contributed by atoms with Crippen molar-refractivity contribution in [2.45, 2.75) is 20.8 Å². The molecule has 0 N–H and O–H groups in total. The molecular formula is C20H27FN6O2. The fourth-order valence-electron chi connectivity index (χ4n) is 3.43. The number of nitrogens with zero attached hydrogens (tertiary/aromatic N) is 6. The summed E-state index contributed by atoms with van der Waals surface area (Å²) in [6.45, 7) is 9.79. The summed E-state index contributed by atoms with van der Waals surface area (Å²) in [7, 11) is 0. The van der Waals surface area contributed by atoms with E-state index in [1.165, 1.54) is 16.8 Å². The van der Waals surface area contributed by atoms with Crippen LogP contribution < -0.4 is 0 Å². The maximum absolute atomic E-state index is 13.1. The first-order valence-electron chi connectivity index (χ1n) is 9.92. The number of hydrogen-bond acceptors (Lipinski definition) is 5. The number of piperazine rings is 1. The van der Waals surface area contributed by atoms with Gasteiger partial charge in [0.2, 0.25) is 11.7 Å². The number of rotatable bonds is 6. The van der Waals surface area contributed by atoms with Crippen molar-refractivity contribution in [1.29, 1.82) is 0 Å². The van der Waals surface area contributed by atoms with Crippen LogP contribution in [0, 0.1) is 12.7 Å². The lowest BCUT2D eigenvalue weighted by Gasteiger charge is -2.34. The Morgan fingerprint density at radius 3 is 2.28 bits per heavy atom. The first-order valence-corrected chi connectivity index (χ1v) is 9.92. The average Bonchev–Trinajstić information content (AvgIpc) is 3.11. The molecule has 0 saturated carbocycles. The molecule has 1 aromatic carbocycles. The van der Waals surface area contributed by atoms with E-state index in [1.54, 1.807) is 24.0 Å². The Balaban J connectivity index is 1.60. The molecule has 1 aliphatic rings. The van der Waals surface area contributed by atoms with Gasteiger partial charge in [-0.05, 0) is 45.0 Å². The molecule has 1 aromatic heterocycles. The van der Waals surface area contributed by atoms with E-state index in [1.807, 2.05) is 18.7 Å². The zero-order valence-electron chi connectivity index (χ0n) is 17.1. The number of benzene rings is 1. The van der Waals surface area contributed by atoms with Crippen LogP contribution in [-0.2, 0) is 4.79 Å². The number of aromatic nitrogens is 3. The van der Waals surface area contributed by atoms with Gasteiger partial charge in [0.25, 0.3) is 5.91 Å². The minimum Gasteiger partial charge on any atom is -0.342 e. The van der Waals surface area contributed by atoms with Crippen LogP contribution in [0.1, 0.15) is 30.3 Å². The molecular weight excluding hydrogens is 375 g/mol. The van der Waals surface area contributed by atoms with E-state index in [4.69, 9.17) is 0 Å². The zero-order chi connectivity index (χ0) is 21.0. The number of halogens is 1. The highest BCUT2D eigenvalue weighted by Crippen LogP contribution is 2.13. The second kappa shape index (κ2) is 9.13. The Labute approximate surface area is 169 Å². The van der Waals surface area contributed by atoms with E-state index in [0.717, 1.165) is 0 Å². The van der Waals surface area contributed by atoms with Gasteiger partial charge < -0.3 is 9.80 Å². The summed E-state index contributed by atoms with van der Waals surface area (Å²) in [6, 6.07) is 5.88. The number of carbonyl (C=O) groups excluding carboxylic acids is 2. The molecule has 1 aliphatic heterocycles. The zero-order valence-corrected chi connectivity index (χ0v) is 17.1. The number of likely N-dealkylation sites (N-methyl/N-ethyl adjacent to an activating group) is 1. The van der Waals surface area contributed by atoms with Gasteiger partial charge in [0.15, 0.2) is 0 Å². The lowest BCUT2D eigenvalue weighted by molar-refractivity contribution is -0.132. The van der Waals surface area contributed by atoms with Crippen molar-refractivity contribution in [3.05, 3.63) is 41.7 Å². The first kappa shape index (κ1) is 20.9. The first-order chi connectivity index (χ1) is 13.9. The van der Waals surface area contributed by atoms with Crippen molar-refractivity contribution in [3.8, 4) is 5.69 Å². The van der Waals surface area contributed by atoms with Gasteiger partial charge in [-0.3, -0.25) is 14.5 Å². The number of hydrogen-bond donors (Lipinski definition) is 0. The van der Waals surface area contributed by atoms with Crippen LogP contribution >= 0.6 is 0 Å². The molecule has 8 nitrogen and oxygen atoms in total. The molecule has 0 bridgehead atoms. The van der Waals surface area contributed by atoms with Gasteiger partial charge in [-0.1, -0.05) is 0 Å². The SMILES string of the molecule is CCN(CC)C(=O)CN1CCN(C(=O)c2nc(C)n(-c3ccc(F)cc3)n2)CC1. The van der Waals surface area contributed by atoms with Crippen LogP contribution in [-0.4, -0.2) is 87.1 Å². The molecule has 9 heteroatoms. The highest BCUT2D eigenvalue weighted by molar-refractivity contribution is 5.90. The Kier molecular flexibility index (Phi) is 6.58. The van der Waals surface area contributed by atoms with Crippen LogP contribution in [0.5, 0.6) is 0 Å². The lowest BCUT2D eigenvalue weighted by Crippen LogP contribution is -2.51. The van der Waals surface area contributed by atoms with Crippen molar-refractivity contribution in [3.63, 3.8) is 0 Å². The molecule has 0 spiro atoms. The smallest absolute Gasteiger partial charge is 0.293 e. The molecule has 1 fully saturated rings. The molecule has 3 rings (SSSR count). The quantitative estimate of drug-likeness (QED) is 0.729. The normalized spacial score (nSPS) is 14.8.